The smallest absolute Gasteiger partial charge is 0.0897 e. The summed E-state index contributed by atoms with van der Waals surface area (Å²) in [5, 5.41) is 10.4. The first-order valence-corrected chi connectivity index (χ1v) is 7.64. The molecule has 0 spiro atoms. The fourth-order valence-corrected chi connectivity index (χ4v) is 3.20. The SMILES string of the molecule is Cc1nc(CNC2CCNCc3ccccc32)cs1. The van der Waals surface area contributed by atoms with Crippen molar-refractivity contribution < 1.29 is 0 Å². The first-order valence-electron chi connectivity index (χ1n) is 6.76. The van der Waals surface area contributed by atoms with E-state index >= 15 is 0 Å². The second-order valence-electron chi connectivity index (χ2n) is 4.96. The van der Waals surface area contributed by atoms with Gasteiger partial charge in [0.25, 0.3) is 0 Å². The van der Waals surface area contributed by atoms with Crippen molar-refractivity contribution in [2.75, 3.05) is 6.54 Å². The minimum absolute atomic E-state index is 0.424. The van der Waals surface area contributed by atoms with E-state index in [1.54, 1.807) is 11.3 Å². The van der Waals surface area contributed by atoms with Crippen LogP contribution in [0.2, 0.25) is 0 Å². The molecule has 0 fully saturated rings. The van der Waals surface area contributed by atoms with Crippen molar-refractivity contribution in [1.29, 1.82) is 0 Å². The van der Waals surface area contributed by atoms with Gasteiger partial charge in [0.15, 0.2) is 0 Å². The van der Waals surface area contributed by atoms with Gasteiger partial charge in [-0.1, -0.05) is 24.3 Å². The van der Waals surface area contributed by atoms with Crippen LogP contribution in [0.25, 0.3) is 0 Å². The van der Waals surface area contributed by atoms with E-state index in [1.165, 1.54) is 11.1 Å². The molecule has 0 radical (unpaired) electrons. The first kappa shape index (κ1) is 12.8. The molecule has 3 rings (SSSR count). The van der Waals surface area contributed by atoms with Crippen molar-refractivity contribution in [1.82, 2.24) is 15.6 Å². The molecule has 3 nitrogen and oxygen atoms in total. The second-order valence-corrected chi connectivity index (χ2v) is 6.02. The Morgan fingerprint density at radius 2 is 2.32 bits per heavy atom. The van der Waals surface area contributed by atoms with Crippen LogP contribution in [0.4, 0.5) is 0 Å². The molecule has 2 aromatic rings. The van der Waals surface area contributed by atoms with E-state index in [0.717, 1.165) is 36.8 Å². The van der Waals surface area contributed by atoms with Gasteiger partial charge in [-0.05, 0) is 31.0 Å². The summed E-state index contributed by atoms with van der Waals surface area (Å²) in [7, 11) is 0. The lowest BCUT2D eigenvalue weighted by Crippen LogP contribution is -2.22. The summed E-state index contributed by atoms with van der Waals surface area (Å²) in [6.45, 7) is 4.94. The van der Waals surface area contributed by atoms with Crippen LogP contribution in [0, 0.1) is 6.92 Å². The Morgan fingerprint density at radius 3 is 3.16 bits per heavy atom. The zero-order chi connectivity index (χ0) is 13.1. The normalized spacial score (nSPS) is 18.9. The third-order valence-corrected chi connectivity index (χ3v) is 4.37. The van der Waals surface area contributed by atoms with Crippen LogP contribution in [-0.4, -0.2) is 11.5 Å². The molecule has 19 heavy (non-hydrogen) atoms. The van der Waals surface area contributed by atoms with Gasteiger partial charge in [0.05, 0.1) is 10.7 Å². The van der Waals surface area contributed by atoms with Gasteiger partial charge in [-0.25, -0.2) is 4.98 Å². The average Bonchev–Trinajstić information content (AvgIpc) is 2.73. The van der Waals surface area contributed by atoms with E-state index in [0.29, 0.717) is 6.04 Å². The molecule has 4 heteroatoms. The molecule has 0 bridgehead atoms. The fourth-order valence-electron chi connectivity index (χ4n) is 2.59. The Labute approximate surface area is 118 Å². The molecule has 0 saturated heterocycles. The average molecular weight is 273 g/mol. The molecule has 0 aliphatic carbocycles. The number of hydrogen-bond acceptors (Lipinski definition) is 4. The van der Waals surface area contributed by atoms with E-state index in [1.807, 2.05) is 0 Å². The Kier molecular flexibility index (Phi) is 3.92. The van der Waals surface area contributed by atoms with Crippen molar-refractivity contribution in [2.45, 2.75) is 32.5 Å². The number of benzene rings is 1. The van der Waals surface area contributed by atoms with Gasteiger partial charge in [-0.3, -0.25) is 0 Å². The molecule has 1 aliphatic rings. The molecule has 0 amide bonds. The zero-order valence-electron chi connectivity index (χ0n) is 11.1. The highest BCUT2D eigenvalue weighted by Crippen LogP contribution is 2.23. The van der Waals surface area contributed by atoms with E-state index in [9.17, 15) is 0 Å². The monoisotopic (exact) mass is 273 g/mol. The molecule has 1 aliphatic heterocycles. The lowest BCUT2D eigenvalue weighted by molar-refractivity contribution is 0.493. The van der Waals surface area contributed by atoms with Gasteiger partial charge in [0, 0.05) is 24.5 Å². The van der Waals surface area contributed by atoms with E-state index in [-0.39, 0.29) is 0 Å². The van der Waals surface area contributed by atoms with Crippen LogP contribution < -0.4 is 10.6 Å². The van der Waals surface area contributed by atoms with Gasteiger partial charge < -0.3 is 10.6 Å². The third-order valence-electron chi connectivity index (χ3n) is 3.55. The summed E-state index contributed by atoms with van der Waals surface area (Å²) in [5.41, 5.74) is 3.99. The van der Waals surface area contributed by atoms with Gasteiger partial charge in [0.1, 0.15) is 0 Å². The molecule has 0 saturated carbocycles. The molecule has 1 atom stereocenters. The van der Waals surface area contributed by atoms with Gasteiger partial charge in [-0.2, -0.15) is 0 Å². The second kappa shape index (κ2) is 5.82. The Balaban J connectivity index is 1.73. The lowest BCUT2D eigenvalue weighted by Gasteiger charge is -2.18. The molecule has 2 heterocycles. The predicted octanol–water partition coefficient (Wildman–Crippen LogP) is 2.78. The largest absolute Gasteiger partial charge is 0.313 e. The maximum Gasteiger partial charge on any atom is 0.0897 e. The highest BCUT2D eigenvalue weighted by atomic mass is 32.1. The maximum absolute atomic E-state index is 4.51. The van der Waals surface area contributed by atoms with Crippen LogP contribution in [0.1, 0.15) is 34.3 Å². The minimum Gasteiger partial charge on any atom is -0.313 e. The highest BCUT2D eigenvalue weighted by Gasteiger charge is 2.17. The molecular weight excluding hydrogens is 254 g/mol. The molecule has 2 N–H and O–H groups in total. The van der Waals surface area contributed by atoms with Crippen LogP contribution in [0.3, 0.4) is 0 Å². The lowest BCUT2D eigenvalue weighted by atomic mass is 9.99. The molecule has 1 unspecified atom stereocenters. The Bertz CT molecular complexity index is 550. The van der Waals surface area contributed by atoms with E-state index < -0.39 is 0 Å². The summed E-state index contributed by atoms with van der Waals surface area (Å²) in [6, 6.07) is 9.13. The quantitative estimate of drug-likeness (QED) is 0.903. The Morgan fingerprint density at radius 1 is 1.42 bits per heavy atom. The topological polar surface area (TPSA) is 37.0 Å². The van der Waals surface area contributed by atoms with Crippen LogP contribution >= 0.6 is 11.3 Å². The number of fused-ring (bicyclic) bond motifs is 1. The number of thiazole rings is 1. The Hall–Kier alpha value is -1.23. The summed E-state index contributed by atoms with van der Waals surface area (Å²) in [6.07, 6.45) is 1.13. The summed E-state index contributed by atoms with van der Waals surface area (Å²) in [5.74, 6) is 0. The number of rotatable bonds is 3. The van der Waals surface area contributed by atoms with Crippen LogP contribution in [0.5, 0.6) is 0 Å². The van der Waals surface area contributed by atoms with Crippen molar-refractivity contribution in [3.8, 4) is 0 Å². The van der Waals surface area contributed by atoms with Crippen molar-refractivity contribution in [3.63, 3.8) is 0 Å². The number of hydrogen-bond donors (Lipinski definition) is 2. The van der Waals surface area contributed by atoms with Gasteiger partial charge in [0.2, 0.25) is 0 Å². The molecule has 1 aromatic heterocycles. The number of nitrogens with zero attached hydrogens (tertiary/aromatic N) is 1. The minimum atomic E-state index is 0.424. The van der Waals surface area contributed by atoms with Crippen LogP contribution in [-0.2, 0) is 13.1 Å². The predicted molar refractivity (Wildman–Crippen MR) is 79.2 cm³/mol. The molecule has 100 valence electrons. The van der Waals surface area contributed by atoms with Crippen LogP contribution in [0.15, 0.2) is 29.6 Å². The number of aryl methyl sites for hydroxylation is 1. The van der Waals surface area contributed by atoms with Gasteiger partial charge >= 0.3 is 0 Å². The standard InChI is InChI=1S/C15H19N3S/c1-11-18-13(10-19-11)9-17-15-6-7-16-8-12-4-2-3-5-14(12)15/h2-5,10,15-17H,6-9H2,1H3. The third kappa shape index (κ3) is 3.03. The molecular formula is C15H19N3S. The summed E-state index contributed by atoms with van der Waals surface area (Å²) >= 11 is 1.72. The highest BCUT2D eigenvalue weighted by molar-refractivity contribution is 7.09. The fraction of sp³-hybridized carbons (Fsp3) is 0.400. The number of nitrogens with one attached hydrogen (secondary N) is 2. The molecule has 1 aromatic carbocycles. The van der Waals surface area contributed by atoms with E-state index in [4.69, 9.17) is 0 Å². The maximum atomic E-state index is 4.51. The first-order chi connectivity index (χ1) is 9.33. The van der Waals surface area contributed by atoms with Crippen molar-refractivity contribution in [2.24, 2.45) is 0 Å². The van der Waals surface area contributed by atoms with Gasteiger partial charge in [-0.15, -0.1) is 11.3 Å². The number of aromatic nitrogens is 1. The van der Waals surface area contributed by atoms with E-state index in [2.05, 4.69) is 52.2 Å². The summed E-state index contributed by atoms with van der Waals surface area (Å²) in [4.78, 5) is 4.51. The zero-order valence-corrected chi connectivity index (χ0v) is 12.0. The van der Waals surface area contributed by atoms with Crippen molar-refractivity contribution >= 4 is 11.3 Å². The summed E-state index contributed by atoms with van der Waals surface area (Å²) < 4.78 is 0. The van der Waals surface area contributed by atoms with Crippen molar-refractivity contribution in [3.05, 3.63) is 51.5 Å².